The smallest absolute Gasteiger partial charge is 0.338 e. The lowest BCUT2D eigenvalue weighted by Gasteiger charge is -2.17. The van der Waals surface area contributed by atoms with Gasteiger partial charge in [-0.05, 0) is 38.0 Å². The molecule has 104 valence electrons. The fourth-order valence-corrected chi connectivity index (χ4v) is 1.30. The normalized spacial score (nSPS) is 12.9. The van der Waals surface area contributed by atoms with Crippen LogP contribution in [0.25, 0.3) is 0 Å². The Morgan fingerprint density at radius 2 is 1.79 bits per heavy atom. The third-order valence-corrected chi connectivity index (χ3v) is 2.42. The third-order valence-electron chi connectivity index (χ3n) is 2.42. The highest BCUT2D eigenvalue weighted by atomic mass is 16.5. The summed E-state index contributed by atoms with van der Waals surface area (Å²) in [6.07, 6.45) is 3.72. The monoisotopic (exact) mass is 264 g/mol. The Balaban J connectivity index is 0.000000300. The molecule has 0 bridgehead atoms. The molecule has 0 radical (unpaired) electrons. The van der Waals surface area contributed by atoms with Gasteiger partial charge in [-0.2, -0.15) is 0 Å². The van der Waals surface area contributed by atoms with Gasteiger partial charge in [0.1, 0.15) is 12.0 Å². The number of esters is 1. The summed E-state index contributed by atoms with van der Waals surface area (Å²) in [6.45, 7) is 6.36. The number of cyclic esters (lactones) is 1. The van der Waals surface area contributed by atoms with Crippen LogP contribution in [0.5, 0.6) is 5.75 Å². The summed E-state index contributed by atoms with van der Waals surface area (Å²) in [5, 5.41) is 9.72. The van der Waals surface area contributed by atoms with Gasteiger partial charge < -0.3 is 14.6 Å². The predicted octanol–water partition coefficient (Wildman–Crippen LogP) is 2.76. The fourth-order valence-electron chi connectivity index (χ4n) is 1.30. The van der Waals surface area contributed by atoms with Gasteiger partial charge in [-0.1, -0.05) is 19.1 Å². The zero-order valence-corrected chi connectivity index (χ0v) is 11.6. The van der Waals surface area contributed by atoms with Gasteiger partial charge in [-0.3, -0.25) is 0 Å². The van der Waals surface area contributed by atoms with Gasteiger partial charge in [-0.15, -0.1) is 0 Å². The number of benzene rings is 1. The Morgan fingerprint density at radius 3 is 2.11 bits per heavy atom. The summed E-state index contributed by atoms with van der Waals surface area (Å²) >= 11 is 0. The van der Waals surface area contributed by atoms with E-state index in [4.69, 9.17) is 4.74 Å². The van der Waals surface area contributed by atoms with E-state index in [1.165, 1.54) is 12.3 Å². The van der Waals surface area contributed by atoms with Crippen molar-refractivity contribution in [3.63, 3.8) is 0 Å². The lowest BCUT2D eigenvalue weighted by molar-refractivity contribution is -0.136. The molecule has 0 fully saturated rings. The van der Waals surface area contributed by atoms with Gasteiger partial charge >= 0.3 is 5.97 Å². The molecule has 4 nitrogen and oxygen atoms in total. The molecule has 4 heteroatoms. The van der Waals surface area contributed by atoms with Crippen LogP contribution in [0.15, 0.2) is 36.6 Å². The van der Waals surface area contributed by atoms with Crippen LogP contribution in [0, 0.1) is 0 Å². The highest BCUT2D eigenvalue weighted by molar-refractivity contribution is 5.86. The summed E-state index contributed by atoms with van der Waals surface area (Å²) in [5.74, 6) is 0.616. The SMILES string of the molecule is CCCOc1ccc(C(C)(C)O)cc1.O=C1C=CO1. The number of hydrogen-bond donors (Lipinski definition) is 1. The first-order valence-corrected chi connectivity index (χ1v) is 6.26. The molecule has 0 amide bonds. The molecule has 2 rings (SSSR count). The lowest BCUT2D eigenvalue weighted by atomic mass is 9.99. The Labute approximate surface area is 113 Å². The number of carbonyl (C=O) groups is 1. The molecule has 1 aromatic carbocycles. The molecule has 0 spiro atoms. The standard InChI is InChI=1S/C12H18O2.C3H2O2/c1-4-9-14-11-7-5-10(6-8-11)12(2,3)13;4-3-1-2-5-3/h5-8,13H,4,9H2,1-3H3;1-2H. The molecular weight excluding hydrogens is 244 g/mol. The summed E-state index contributed by atoms with van der Waals surface area (Å²) in [7, 11) is 0. The topological polar surface area (TPSA) is 55.8 Å². The number of hydrogen-bond acceptors (Lipinski definition) is 4. The van der Waals surface area contributed by atoms with Crippen LogP contribution in [0.2, 0.25) is 0 Å². The van der Waals surface area contributed by atoms with Crippen molar-refractivity contribution in [2.45, 2.75) is 32.8 Å². The highest BCUT2D eigenvalue weighted by Crippen LogP contribution is 2.22. The molecule has 19 heavy (non-hydrogen) atoms. The van der Waals surface area contributed by atoms with Gasteiger partial charge in [0, 0.05) is 0 Å². The van der Waals surface area contributed by atoms with E-state index < -0.39 is 5.60 Å². The van der Waals surface area contributed by atoms with Gasteiger partial charge in [0.15, 0.2) is 0 Å². The maximum absolute atomic E-state index is 9.72. The second-order valence-corrected chi connectivity index (χ2v) is 4.67. The maximum atomic E-state index is 9.72. The number of rotatable bonds is 4. The molecule has 0 atom stereocenters. The van der Waals surface area contributed by atoms with Crippen LogP contribution >= 0.6 is 0 Å². The molecule has 1 aliphatic heterocycles. The molecule has 0 aliphatic carbocycles. The molecule has 1 aliphatic rings. The lowest BCUT2D eigenvalue weighted by Crippen LogP contribution is -2.14. The van der Waals surface area contributed by atoms with Crippen molar-refractivity contribution in [3.05, 3.63) is 42.2 Å². The quantitative estimate of drug-likeness (QED) is 0.850. The van der Waals surface area contributed by atoms with Crippen LogP contribution in [0.3, 0.4) is 0 Å². The van der Waals surface area contributed by atoms with Crippen molar-refractivity contribution in [1.29, 1.82) is 0 Å². The highest BCUT2D eigenvalue weighted by Gasteiger charge is 2.14. The Hall–Kier alpha value is -1.81. The third kappa shape index (κ3) is 5.57. The van der Waals surface area contributed by atoms with E-state index >= 15 is 0 Å². The van der Waals surface area contributed by atoms with Crippen molar-refractivity contribution in [2.75, 3.05) is 6.61 Å². The zero-order chi connectivity index (χ0) is 14.3. The van der Waals surface area contributed by atoms with Crippen molar-refractivity contribution in [1.82, 2.24) is 0 Å². The molecule has 1 aromatic rings. The maximum Gasteiger partial charge on any atom is 0.338 e. The van der Waals surface area contributed by atoms with E-state index in [-0.39, 0.29) is 5.97 Å². The second-order valence-electron chi connectivity index (χ2n) is 4.67. The molecule has 0 aromatic heterocycles. The van der Waals surface area contributed by atoms with E-state index in [0.29, 0.717) is 0 Å². The van der Waals surface area contributed by atoms with Gasteiger partial charge in [0.05, 0.1) is 18.3 Å². The summed E-state index contributed by atoms with van der Waals surface area (Å²) < 4.78 is 9.55. The predicted molar refractivity (Wildman–Crippen MR) is 72.7 cm³/mol. The minimum Gasteiger partial charge on any atom is -0.494 e. The molecule has 1 heterocycles. The first-order chi connectivity index (χ1) is 8.93. The zero-order valence-electron chi connectivity index (χ0n) is 11.6. The van der Waals surface area contributed by atoms with Gasteiger partial charge in [0.25, 0.3) is 0 Å². The largest absolute Gasteiger partial charge is 0.494 e. The van der Waals surface area contributed by atoms with Crippen molar-refractivity contribution < 1.29 is 19.4 Å². The number of carbonyl (C=O) groups excluding carboxylic acids is 1. The summed E-state index contributed by atoms with van der Waals surface area (Å²) in [6, 6.07) is 7.57. The van der Waals surface area contributed by atoms with Crippen molar-refractivity contribution in [2.24, 2.45) is 0 Å². The first kappa shape index (κ1) is 15.2. The van der Waals surface area contributed by atoms with E-state index in [1.807, 2.05) is 24.3 Å². The van der Waals surface area contributed by atoms with E-state index in [9.17, 15) is 9.90 Å². The number of ether oxygens (including phenoxy) is 2. The minimum absolute atomic E-state index is 0.245. The average molecular weight is 264 g/mol. The van der Waals surface area contributed by atoms with Crippen LogP contribution < -0.4 is 4.74 Å². The van der Waals surface area contributed by atoms with Crippen LogP contribution in [0.4, 0.5) is 0 Å². The molecular formula is C15H20O4. The van der Waals surface area contributed by atoms with Gasteiger partial charge in [0.2, 0.25) is 0 Å². The van der Waals surface area contributed by atoms with Gasteiger partial charge in [-0.25, -0.2) is 4.79 Å². The first-order valence-electron chi connectivity index (χ1n) is 6.26. The van der Waals surface area contributed by atoms with Crippen molar-refractivity contribution in [3.8, 4) is 5.75 Å². The molecule has 1 N–H and O–H groups in total. The minimum atomic E-state index is -0.775. The molecule has 0 saturated heterocycles. The van der Waals surface area contributed by atoms with E-state index in [1.54, 1.807) is 13.8 Å². The van der Waals surface area contributed by atoms with Crippen molar-refractivity contribution >= 4 is 5.97 Å². The Bertz CT molecular complexity index is 426. The van der Waals surface area contributed by atoms with Crippen LogP contribution in [-0.2, 0) is 15.1 Å². The molecule has 0 unspecified atom stereocenters. The molecule has 0 saturated carbocycles. The van der Waals surface area contributed by atoms with E-state index in [0.717, 1.165) is 24.3 Å². The fraction of sp³-hybridized carbons (Fsp3) is 0.400. The Morgan fingerprint density at radius 1 is 1.26 bits per heavy atom. The van der Waals surface area contributed by atoms with E-state index in [2.05, 4.69) is 11.7 Å². The van der Waals surface area contributed by atoms with Crippen LogP contribution in [-0.4, -0.2) is 17.7 Å². The average Bonchev–Trinajstić information content (AvgIpc) is 2.34. The summed E-state index contributed by atoms with van der Waals surface area (Å²) in [5.41, 5.74) is 0.130. The second kappa shape index (κ2) is 6.95. The Kier molecular flexibility index (Phi) is 5.57. The number of aliphatic hydroxyl groups is 1. The summed E-state index contributed by atoms with van der Waals surface area (Å²) in [4.78, 5) is 9.59. The van der Waals surface area contributed by atoms with Crippen LogP contribution in [0.1, 0.15) is 32.8 Å².